The van der Waals surface area contributed by atoms with E-state index in [4.69, 9.17) is 14.2 Å². The van der Waals surface area contributed by atoms with Crippen molar-refractivity contribution in [3.05, 3.63) is 66.2 Å². The normalized spacial score (nSPS) is 16.4. The molecule has 3 heterocycles. The summed E-state index contributed by atoms with van der Waals surface area (Å²) in [5.74, 6) is 1.79. The van der Waals surface area contributed by atoms with E-state index in [9.17, 15) is 9.59 Å². The van der Waals surface area contributed by atoms with Crippen LogP contribution in [0, 0.1) is 0 Å². The third-order valence-corrected chi connectivity index (χ3v) is 6.30. The van der Waals surface area contributed by atoms with Crippen LogP contribution in [0.15, 0.2) is 60.7 Å². The van der Waals surface area contributed by atoms with Crippen molar-refractivity contribution in [3.63, 3.8) is 0 Å². The van der Waals surface area contributed by atoms with Crippen LogP contribution in [-0.4, -0.2) is 63.0 Å². The highest BCUT2D eigenvalue weighted by Gasteiger charge is 2.33. The molecule has 1 fully saturated rings. The molecule has 3 N–H and O–H groups in total. The smallest absolute Gasteiger partial charge is 0.415 e. The van der Waals surface area contributed by atoms with Crippen molar-refractivity contribution in [2.45, 2.75) is 19.1 Å². The zero-order valence-electron chi connectivity index (χ0n) is 21.2. The molecule has 0 aliphatic carbocycles. The molecule has 0 bridgehead atoms. The molecule has 5 rings (SSSR count). The number of aromatic nitrogens is 1. The van der Waals surface area contributed by atoms with E-state index in [1.165, 1.54) is 4.90 Å². The molecule has 2 aromatic carbocycles. The van der Waals surface area contributed by atoms with Gasteiger partial charge in [-0.3, -0.25) is 9.69 Å². The summed E-state index contributed by atoms with van der Waals surface area (Å²) in [6.07, 6.45) is -0.0374. The monoisotopic (exact) mass is 517 g/mol. The molecule has 1 atom stereocenters. The Morgan fingerprint density at radius 2 is 1.92 bits per heavy atom. The van der Waals surface area contributed by atoms with Crippen molar-refractivity contribution < 1.29 is 23.8 Å². The van der Waals surface area contributed by atoms with Crippen molar-refractivity contribution in [1.82, 2.24) is 15.6 Å². The van der Waals surface area contributed by atoms with Gasteiger partial charge >= 0.3 is 6.09 Å². The summed E-state index contributed by atoms with van der Waals surface area (Å²) in [5.41, 5.74) is 3.40. The van der Waals surface area contributed by atoms with Crippen LogP contribution in [0.2, 0.25) is 0 Å². The van der Waals surface area contributed by atoms with Gasteiger partial charge in [0.15, 0.2) is 18.2 Å². The van der Waals surface area contributed by atoms with Crippen molar-refractivity contribution in [2.75, 3.05) is 50.1 Å². The maximum absolute atomic E-state index is 12.5. The number of nitrogens with zero attached hydrogens (tertiary/aromatic N) is 2. The van der Waals surface area contributed by atoms with Gasteiger partial charge in [-0.2, -0.15) is 0 Å². The van der Waals surface area contributed by atoms with Crippen LogP contribution >= 0.6 is 0 Å². The number of pyridine rings is 1. The predicted molar refractivity (Wildman–Crippen MR) is 144 cm³/mol. The van der Waals surface area contributed by atoms with Gasteiger partial charge in [0.2, 0.25) is 0 Å². The number of carbonyl (C=O) groups is 2. The van der Waals surface area contributed by atoms with Gasteiger partial charge in [-0.05, 0) is 67.0 Å². The quantitative estimate of drug-likeness (QED) is 0.333. The molecular weight excluding hydrogens is 486 g/mol. The lowest BCUT2D eigenvalue weighted by molar-refractivity contribution is -0.118. The van der Waals surface area contributed by atoms with Crippen molar-refractivity contribution in [2.24, 2.45) is 0 Å². The summed E-state index contributed by atoms with van der Waals surface area (Å²) in [6, 6.07) is 19.9. The number of carbonyl (C=O) groups excluding carboxylic acids is 2. The van der Waals surface area contributed by atoms with Gasteiger partial charge in [0.05, 0.1) is 6.54 Å². The largest absolute Gasteiger partial charge is 0.492 e. The van der Waals surface area contributed by atoms with Gasteiger partial charge in [0, 0.05) is 13.1 Å². The van der Waals surface area contributed by atoms with E-state index < -0.39 is 6.09 Å². The van der Waals surface area contributed by atoms with Crippen LogP contribution < -0.4 is 30.3 Å². The second-order valence-electron chi connectivity index (χ2n) is 9.12. The van der Waals surface area contributed by atoms with Gasteiger partial charge in [0.1, 0.15) is 24.3 Å². The van der Waals surface area contributed by atoms with Crippen molar-refractivity contribution in [1.29, 1.82) is 0 Å². The third-order valence-electron chi connectivity index (χ3n) is 6.30. The highest BCUT2D eigenvalue weighted by molar-refractivity contribution is 5.95. The number of fused-ring (bicyclic) bond motifs is 1. The van der Waals surface area contributed by atoms with Gasteiger partial charge < -0.3 is 30.2 Å². The second-order valence-corrected chi connectivity index (χ2v) is 9.12. The number of amides is 2. The molecule has 0 spiro atoms. The van der Waals surface area contributed by atoms with Crippen molar-refractivity contribution >= 4 is 23.6 Å². The first-order valence-corrected chi connectivity index (χ1v) is 12.7. The number of ether oxygens (including phenoxy) is 3. The average Bonchev–Trinajstić information content (AvgIpc) is 3.31. The molecule has 2 aliphatic heterocycles. The summed E-state index contributed by atoms with van der Waals surface area (Å²) in [7, 11) is 1.90. The molecule has 38 heavy (non-hydrogen) atoms. The number of anilines is 2. The van der Waals surface area contributed by atoms with Crippen LogP contribution in [-0.2, 0) is 16.1 Å². The Labute approximate surface area is 221 Å². The van der Waals surface area contributed by atoms with Crippen molar-refractivity contribution in [3.8, 4) is 22.6 Å². The summed E-state index contributed by atoms with van der Waals surface area (Å²) in [6.45, 7) is 3.15. The maximum atomic E-state index is 12.5. The molecule has 1 aromatic heterocycles. The number of hydrogen-bond acceptors (Lipinski definition) is 8. The first-order chi connectivity index (χ1) is 18.6. The molecule has 10 nitrogen and oxygen atoms in total. The number of likely N-dealkylation sites (N-methyl/N-ethyl adjacent to an activating group) is 1. The Balaban J connectivity index is 1.11. The number of hydrogen-bond donors (Lipinski definition) is 3. The first kappa shape index (κ1) is 25.5. The lowest BCUT2D eigenvalue weighted by Crippen LogP contribution is -2.29. The Bertz CT molecular complexity index is 1300. The molecule has 0 saturated carbocycles. The van der Waals surface area contributed by atoms with Crippen LogP contribution in [0.5, 0.6) is 11.5 Å². The number of benzene rings is 2. The second kappa shape index (κ2) is 11.9. The predicted octanol–water partition coefficient (Wildman–Crippen LogP) is 3.18. The minimum Gasteiger partial charge on any atom is -0.492 e. The first-order valence-electron chi connectivity index (χ1n) is 12.7. The highest BCUT2D eigenvalue weighted by atomic mass is 16.6. The minimum atomic E-state index is -0.449. The van der Waals surface area contributed by atoms with Crippen LogP contribution in [0.3, 0.4) is 0 Å². The fourth-order valence-corrected chi connectivity index (χ4v) is 4.36. The Kier molecular flexibility index (Phi) is 8.01. The van der Waals surface area contributed by atoms with Gasteiger partial charge in [0.25, 0.3) is 5.91 Å². The lowest BCUT2D eigenvalue weighted by Gasteiger charge is -2.19. The summed E-state index contributed by atoms with van der Waals surface area (Å²) < 4.78 is 16.7. The zero-order valence-corrected chi connectivity index (χ0v) is 21.2. The number of cyclic esters (lactones) is 1. The van der Waals surface area contributed by atoms with Crippen LogP contribution in [0.25, 0.3) is 11.1 Å². The Hall–Kier alpha value is -4.15. The minimum absolute atomic E-state index is 0.0431. The standard InChI is InChI=1S/C28H31N5O5/c1-29-12-13-36-22-7-3-6-21(15-22)20-5-2-4-19(14-20)16-30-11-10-23-17-33(28(35)38-23)25-9-8-24-27(31-25)32-26(34)18-37-24/h2-9,14-15,23,29-30H,10-13,16-18H2,1H3,(H,31,32,34). The highest BCUT2D eigenvalue weighted by Crippen LogP contribution is 2.30. The average molecular weight is 518 g/mol. The molecular formula is C28H31N5O5. The topological polar surface area (TPSA) is 114 Å². The number of rotatable bonds is 11. The maximum Gasteiger partial charge on any atom is 0.415 e. The van der Waals surface area contributed by atoms with Gasteiger partial charge in [-0.25, -0.2) is 9.78 Å². The molecule has 198 valence electrons. The van der Waals surface area contributed by atoms with Gasteiger partial charge in [-0.1, -0.05) is 30.3 Å². The molecule has 3 aromatic rings. The van der Waals surface area contributed by atoms with Gasteiger partial charge in [-0.15, -0.1) is 0 Å². The molecule has 0 radical (unpaired) electrons. The van der Waals surface area contributed by atoms with E-state index in [0.717, 1.165) is 29.0 Å². The molecule has 2 amide bonds. The van der Waals surface area contributed by atoms with E-state index >= 15 is 0 Å². The summed E-state index contributed by atoms with van der Waals surface area (Å²) in [5, 5.41) is 9.19. The molecule has 10 heteroatoms. The third kappa shape index (κ3) is 6.21. The molecule has 1 unspecified atom stereocenters. The fraction of sp³-hybridized carbons (Fsp3) is 0.321. The summed E-state index contributed by atoms with van der Waals surface area (Å²) in [4.78, 5) is 29.9. The van der Waals surface area contributed by atoms with Crippen LogP contribution in [0.1, 0.15) is 12.0 Å². The molecule has 1 saturated heterocycles. The Morgan fingerprint density at radius 3 is 2.79 bits per heavy atom. The fourth-order valence-electron chi connectivity index (χ4n) is 4.36. The summed E-state index contributed by atoms with van der Waals surface area (Å²) >= 11 is 0. The van der Waals surface area contributed by atoms with E-state index in [0.29, 0.717) is 50.0 Å². The SMILES string of the molecule is CNCCOc1cccc(-c2cccc(CNCCC3CN(c4ccc5c(n4)NC(=O)CO5)C(=O)O3)c2)c1. The van der Waals surface area contributed by atoms with E-state index in [1.54, 1.807) is 12.1 Å². The van der Waals surface area contributed by atoms with E-state index in [2.05, 4.69) is 57.3 Å². The lowest BCUT2D eigenvalue weighted by atomic mass is 10.0. The van der Waals surface area contributed by atoms with Crippen LogP contribution in [0.4, 0.5) is 16.4 Å². The molecule has 2 aliphatic rings. The Morgan fingerprint density at radius 1 is 1.08 bits per heavy atom. The zero-order chi connectivity index (χ0) is 26.3. The van der Waals surface area contributed by atoms with E-state index in [-0.39, 0.29) is 18.6 Å². The number of nitrogens with one attached hydrogen (secondary N) is 3. The van der Waals surface area contributed by atoms with E-state index in [1.807, 2.05) is 19.2 Å².